The van der Waals surface area contributed by atoms with E-state index in [1.54, 1.807) is 12.4 Å². The Balaban J connectivity index is 0.00000308. The Bertz CT molecular complexity index is 1390. The minimum Gasteiger partial charge on any atom is -0.481 e. The van der Waals surface area contributed by atoms with Gasteiger partial charge in [0.05, 0.1) is 23.4 Å². The SMILES string of the molecule is Cc1cc(CCOCN/C(C=NC(C)(C)C)=C/N)ccc1Oc1ccnc2ccc(OC3CCCNC3=O)cc12.[HH].[HH]. The highest BCUT2D eigenvalue weighted by Gasteiger charge is 2.24. The zero-order chi connectivity index (χ0) is 28.5. The zero-order valence-electron chi connectivity index (χ0n) is 23.7. The quantitative estimate of drug-likeness (QED) is 0.169. The van der Waals surface area contributed by atoms with E-state index in [2.05, 4.69) is 26.7 Å². The maximum atomic E-state index is 12.1. The van der Waals surface area contributed by atoms with Crippen molar-refractivity contribution in [2.45, 2.75) is 58.6 Å². The first-order valence-electron chi connectivity index (χ1n) is 13.6. The van der Waals surface area contributed by atoms with Crippen LogP contribution in [0.2, 0.25) is 0 Å². The number of hydrogen-bond donors (Lipinski definition) is 3. The summed E-state index contributed by atoms with van der Waals surface area (Å²) >= 11 is 0. The topological polar surface area (TPSA) is 120 Å². The highest BCUT2D eigenvalue weighted by molar-refractivity contribution is 5.87. The fraction of sp³-hybridized carbons (Fsp3) is 0.387. The monoisotopic (exact) mass is 549 g/mol. The minimum absolute atomic E-state index is 0. The molecule has 9 nitrogen and oxygen atoms in total. The largest absolute Gasteiger partial charge is 0.481 e. The molecular weight excluding hydrogens is 506 g/mol. The number of nitrogens with two attached hydrogens (primary N) is 1. The molecule has 0 bridgehead atoms. The molecule has 3 aromatic rings. The Hall–Kier alpha value is -4.11. The van der Waals surface area contributed by atoms with Gasteiger partial charge in [-0.2, -0.15) is 0 Å². The van der Waals surface area contributed by atoms with Gasteiger partial charge in [0.15, 0.2) is 6.10 Å². The third kappa shape index (κ3) is 8.19. The lowest BCUT2D eigenvalue weighted by molar-refractivity contribution is -0.129. The summed E-state index contributed by atoms with van der Waals surface area (Å²) in [4.78, 5) is 21.0. The lowest BCUT2D eigenvalue weighted by Gasteiger charge is -2.23. The van der Waals surface area contributed by atoms with Crippen molar-refractivity contribution in [1.29, 1.82) is 0 Å². The molecule has 1 aliphatic heterocycles. The summed E-state index contributed by atoms with van der Waals surface area (Å²) in [6, 6.07) is 13.6. The van der Waals surface area contributed by atoms with Gasteiger partial charge in [0.25, 0.3) is 5.91 Å². The second kappa shape index (κ2) is 13.3. The van der Waals surface area contributed by atoms with Crippen molar-refractivity contribution in [3.63, 3.8) is 0 Å². The molecule has 216 valence electrons. The number of aliphatic imine (C=N–C) groups is 1. The molecule has 0 spiro atoms. The molecule has 2 heterocycles. The molecule has 9 heteroatoms. The highest BCUT2D eigenvalue weighted by atomic mass is 16.5. The number of allylic oxidation sites excluding steroid dienone is 1. The lowest BCUT2D eigenvalue weighted by Crippen LogP contribution is -2.43. The molecule has 1 aromatic heterocycles. The summed E-state index contributed by atoms with van der Waals surface area (Å²) < 4.78 is 18.1. The number of carbonyl (C=O) groups excluding carboxylic acids is 1. The number of rotatable bonds is 11. The number of carbonyl (C=O) groups is 1. The molecule has 1 atom stereocenters. The lowest BCUT2D eigenvalue weighted by atomic mass is 10.1. The van der Waals surface area contributed by atoms with Crippen molar-refractivity contribution >= 4 is 23.0 Å². The Morgan fingerprint density at radius 1 is 1.23 bits per heavy atom. The molecule has 0 aliphatic carbocycles. The number of nitrogens with one attached hydrogen (secondary N) is 2. The van der Waals surface area contributed by atoms with Crippen molar-refractivity contribution in [3.05, 3.63) is 71.7 Å². The Kier molecular flexibility index (Phi) is 9.60. The molecule has 2 aromatic carbocycles. The second-order valence-electron chi connectivity index (χ2n) is 10.8. The van der Waals surface area contributed by atoms with Crippen LogP contribution in [0.25, 0.3) is 10.9 Å². The summed E-state index contributed by atoms with van der Waals surface area (Å²) in [6.45, 7) is 9.69. The van der Waals surface area contributed by atoms with E-state index >= 15 is 0 Å². The van der Waals surface area contributed by atoms with E-state index in [1.807, 2.05) is 64.1 Å². The Morgan fingerprint density at radius 2 is 2.08 bits per heavy atom. The van der Waals surface area contributed by atoms with Gasteiger partial charge >= 0.3 is 0 Å². The molecule has 1 aliphatic rings. The number of ether oxygens (including phenoxy) is 3. The summed E-state index contributed by atoms with van der Waals surface area (Å²) in [6.07, 6.45) is 6.80. The molecule has 1 saturated heterocycles. The van der Waals surface area contributed by atoms with E-state index in [9.17, 15) is 4.79 Å². The van der Waals surface area contributed by atoms with Gasteiger partial charge in [0, 0.05) is 33.4 Å². The molecule has 40 heavy (non-hydrogen) atoms. The molecule has 4 N–H and O–H groups in total. The fourth-order valence-electron chi connectivity index (χ4n) is 4.19. The summed E-state index contributed by atoms with van der Waals surface area (Å²) in [5, 5.41) is 6.80. The minimum atomic E-state index is -0.483. The third-order valence-corrected chi connectivity index (χ3v) is 6.33. The number of nitrogens with zero attached hydrogens (tertiary/aromatic N) is 2. The Labute approximate surface area is 238 Å². The van der Waals surface area contributed by atoms with Crippen LogP contribution in [0.1, 0.15) is 47.6 Å². The van der Waals surface area contributed by atoms with E-state index < -0.39 is 6.10 Å². The van der Waals surface area contributed by atoms with E-state index in [0.29, 0.717) is 43.5 Å². The Morgan fingerprint density at radius 3 is 2.83 bits per heavy atom. The van der Waals surface area contributed by atoms with Crippen LogP contribution in [-0.2, 0) is 16.0 Å². The number of piperidine rings is 1. The molecular formula is C31H43N5O4. The van der Waals surface area contributed by atoms with Crippen LogP contribution in [-0.4, -0.2) is 48.6 Å². The van der Waals surface area contributed by atoms with Gasteiger partial charge in [0.2, 0.25) is 0 Å². The van der Waals surface area contributed by atoms with Gasteiger partial charge in [0.1, 0.15) is 24.0 Å². The molecule has 1 fully saturated rings. The number of hydrogen-bond acceptors (Lipinski definition) is 8. The number of fused-ring (bicyclic) bond motifs is 1. The maximum Gasteiger partial charge on any atom is 0.261 e. The van der Waals surface area contributed by atoms with E-state index in [0.717, 1.165) is 40.6 Å². The van der Waals surface area contributed by atoms with E-state index in [1.165, 1.54) is 6.20 Å². The smallest absolute Gasteiger partial charge is 0.261 e. The number of benzene rings is 2. The van der Waals surface area contributed by atoms with Gasteiger partial charge in [-0.25, -0.2) is 0 Å². The van der Waals surface area contributed by atoms with Crippen molar-refractivity contribution in [2.24, 2.45) is 10.7 Å². The average Bonchev–Trinajstić information content (AvgIpc) is 2.92. The van der Waals surface area contributed by atoms with Gasteiger partial charge in [-0.05, 0) is 88.4 Å². The van der Waals surface area contributed by atoms with Crippen molar-refractivity contribution < 1.29 is 21.9 Å². The summed E-state index contributed by atoms with van der Waals surface area (Å²) in [7, 11) is 0. The van der Waals surface area contributed by atoms with Crippen LogP contribution < -0.4 is 25.8 Å². The second-order valence-corrected chi connectivity index (χ2v) is 10.8. The summed E-state index contributed by atoms with van der Waals surface area (Å²) in [5.41, 5.74) is 9.17. The van der Waals surface area contributed by atoms with Gasteiger partial charge in [-0.1, -0.05) is 12.1 Å². The molecule has 1 unspecified atom stereocenters. The van der Waals surface area contributed by atoms with Crippen LogP contribution in [0.3, 0.4) is 0 Å². The highest BCUT2D eigenvalue weighted by Crippen LogP contribution is 2.33. The predicted octanol–water partition coefficient (Wildman–Crippen LogP) is 5.26. The average molecular weight is 550 g/mol. The summed E-state index contributed by atoms with van der Waals surface area (Å²) in [5.74, 6) is 1.97. The van der Waals surface area contributed by atoms with E-state index in [-0.39, 0.29) is 14.3 Å². The first-order valence-corrected chi connectivity index (χ1v) is 13.6. The van der Waals surface area contributed by atoms with Crippen LogP contribution in [0.5, 0.6) is 17.2 Å². The zero-order valence-corrected chi connectivity index (χ0v) is 23.7. The van der Waals surface area contributed by atoms with Gasteiger partial charge < -0.3 is 30.6 Å². The fourth-order valence-corrected chi connectivity index (χ4v) is 4.19. The van der Waals surface area contributed by atoms with Crippen molar-refractivity contribution in [2.75, 3.05) is 19.9 Å². The first-order chi connectivity index (χ1) is 19.2. The number of aromatic nitrogens is 1. The van der Waals surface area contributed by atoms with E-state index in [4.69, 9.17) is 19.9 Å². The van der Waals surface area contributed by atoms with Crippen LogP contribution >= 0.6 is 0 Å². The van der Waals surface area contributed by atoms with Crippen LogP contribution in [0.15, 0.2) is 65.6 Å². The van der Waals surface area contributed by atoms with Crippen molar-refractivity contribution in [3.8, 4) is 17.2 Å². The molecule has 4 rings (SSSR count). The normalized spacial score (nSPS) is 16.2. The van der Waals surface area contributed by atoms with Gasteiger partial charge in [-0.15, -0.1) is 0 Å². The molecule has 1 amide bonds. The maximum absolute atomic E-state index is 12.1. The molecule has 0 saturated carbocycles. The number of amides is 1. The molecule has 0 radical (unpaired) electrons. The standard InChI is InChI=1S/C31H39N5O4.2H2/c1-21-16-22(12-15-38-20-35-23(18-32)19-36-31(2,3)4)7-10-27(21)40-28-11-14-33-26-9-8-24(17-25(26)28)39-29-6-5-13-34-30(29)37;;/h7-11,14,16-19,29,35H,5-6,12-13,15,20,32H2,1-4H3,(H,34,37);2*1H/b23-18+,36-19?;;. The van der Waals surface area contributed by atoms with Crippen LogP contribution in [0.4, 0.5) is 0 Å². The predicted molar refractivity (Wildman–Crippen MR) is 162 cm³/mol. The van der Waals surface area contributed by atoms with Gasteiger partial charge in [-0.3, -0.25) is 14.8 Å². The number of pyridine rings is 1. The number of aryl methyl sites for hydroxylation is 1. The third-order valence-electron chi connectivity index (χ3n) is 6.33. The first kappa shape index (κ1) is 28.9. The van der Waals surface area contributed by atoms with Crippen LogP contribution in [0, 0.1) is 6.92 Å². The van der Waals surface area contributed by atoms with Crippen molar-refractivity contribution in [1.82, 2.24) is 15.6 Å².